The van der Waals surface area contributed by atoms with Gasteiger partial charge in [0.25, 0.3) is 0 Å². The van der Waals surface area contributed by atoms with Crippen molar-refractivity contribution >= 4 is 11.9 Å². The number of carbonyl (C=O) groups is 2. The minimum absolute atomic E-state index is 0.0415. The van der Waals surface area contributed by atoms with Crippen LogP contribution in [0, 0.1) is 0 Å². The Morgan fingerprint density at radius 3 is 1.45 bits per heavy atom. The molecule has 0 bridgehead atoms. The molecule has 0 spiro atoms. The summed E-state index contributed by atoms with van der Waals surface area (Å²) in [6.07, 6.45) is 50.3. The normalized spacial score (nSPS) is 13.8. The summed E-state index contributed by atoms with van der Waals surface area (Å²) in [4.78, 5) is 26.0. The van der Waals surface area contributed by atoms with Crippen molar-refractivity contribution in [3.63, 3.8) is 0 Å². The van der Waals surface area contributed by atoms with Crippen LogP contribution in [0.15, 0.2) is 48.6 Å². The number of esters is 1. The Labute approximate surface area is 340 Å². The van der Waals surface area contributed by atoms with E-state index in [4.69, 9.17) is 4.74 Å². The molecule has 3 unspecified atom stereocenters. The molecule has 0 aromatic rings. The van der Waals surface area contributed by atoms with Gasteiger partial charge in [-0.15, -0.1) is 0 Å². The van der Waals surface area contributed by atoms with E-state index in [2.05, 4.69) is 74.7 Å². The van der Waals surface area contributed by atoms with Crippen LogP contribution in [0.1, 0.15) is 226 Å². The lowest BCUT2D eigenvalue weighted by atomic mass is 10.0. The lowest BCUT2D eigenvalue weighted by Crippen LogP contribution is -2.46. The van der Waals surface area contributed by atoms with Crippen LogP contribution in [-0.2, 0) is 14.3 Å². The molecule has 0 saturated carbocycles. The van der Waals surface area contributed by atoms with Crippen molar-refractivity contribution in [1.29, 1.82) is 0 Å². The van der Waals surface area contributed by atoms with Crippen LogP contribution < -0.4 is 5.32 Å². The molecule has 0 aliphatic heterocycles. The van der Waals surface area contributed by atoms with Crippen LogP contribution >= 0.6 is 0 Å². The Kier molecular flexibility index (Phi) is 41.2. The predicted molar refractivity (Wildman–Crippen MR) is 236 cm³/mol. The lowest BCUT2D eigenvalue weighted by molar-refractivity contribution is -0.151. The summed E-state index contributed by atoms with van der Waals surface area (Å²) in [6.45, 7) is 6.33. The quantitative estimate of drug-likeness (QED) is 0.0327. The first kappa shape index (κ1) is 52.8. The summed E-state index contributed by atoms with van der Waals surface area (Å²) in [7, 11) is 0. The molecule has 0 radical (unpaired) electrons. The van der Waals surface area contributed by atoms with Gasteiger partial charge in [0.05, 0.1) is 25.2 Å². The van der Waals surface area contributed by atoms with Gasteiger partial charge in [0.1, 0.15) is 6.10 Å². The van der Waals surface area contributed by atoms with E-state index in [1.807, 2.05) is 0 Å². The zero-order valence-corrected chi connectivity index (χ0v) is 36.3. The highest BCUT2D eigenvalue weighted by Gasteiger charge is 2.24. The second kappa shape index (κ2) is 43.0. The second-order valence-electron chi connectivity index (χ2n) is 15.8. The van der Waals surface area contributed by atoms with Crippen LogP contribution in [0.2, 0.25) is 0 Å². The molecule has 55 heavy (non-hydrogen) atoms. The van der Waals surface area contributed by atoms with Gasteiger partial charge < -0.3 is 20.3 Å². The van der Waals surface area contributed by atoms with Crippen LogP contribution in [0.25, 0.3) is 0 Å². The van der Waals surface area contributed by atoms with Crippen LogP contribution in [0.4, 0.5) is 0 Å². The number of ether oxygens (including phenoxy) is 1. The van der Waals surface area contributed by atoms with Crippen LogP contribution in [-0.4, -0.2) is 46.9 Å². The molecule has 0 aromatic heterocycles. The standard InChI is InChI=1S/C49H89NO5/c1-4-7-10-13-16-19-22-24-25-26-28-31-34-37-40-45(55-49(54)42-39-36-33-30-21-18-15-12-9-6-3)43-48(53)50-46(44-51)47(52)41-38-35-32-29-27-23-20-17-14-11-8-5-2/h7,10,16,19,24-25,28,31,45-47,51-52H,4-6,8-9,11-15,17-18,20-23,26-27,29-30,32-44H2,1-3H3,(H,50,53)/b10-7+,19-16+,25-24+,31-28+. The average molecular weight is 772 g/mol. The topological polar surface area (TPSA) is 95.9 Å². The van der Waals surface area contributed by atoms with E-state index < -0.39 is 18.2 Å². The first-order valence-corrected chi connectivity index (χ1v) is 23.4. The van der Waals surface area contributed by atoms with Crippen molar-refractivity contribution < 1.29 is 24.5 Å². The molecule has 0 heterocycles. The molecule has 0 aromatic carbocycles. The first-order valence-electron chi connectivity index (χ1n) is 23.4. The van der Waals surface area contributed by atoms with Gasteiger partial charge in [-0.25, -0.2) is 0 Å². The van der Waals surface area contributed by atoms with Crippen LogP contribution in [0.5, 0.6) is 0 Å². The number of carbonyl (C=O) groups excluding carboxylic acids is 2. The summed E-state index contributed by atoms with van der Waals surface area (Å²) in [6, 6.07) is -0.715. The number of allylic oxidation sites excluding steroid dienone is 8. The van der Waals surface area contributed by atoms with Gasteiger partial charge in [-0.05, 0) is 57.8 Å². The number of aliphatic hydroxyl groups excluding tert-OH is 2. The number of unbranched alkanes of at least 4 members (excludes halogenated alkanes) is 21. The Bertz CT molecular complexity index is 957. The minimum Gasteiger partial charge on any atom is -0.462 e. The number of aliphatic hydroxyl groups is 2. The molecule has 0 fully saturated rings. The van der Waals surface area contributed by atoms with Crippen molar-refractivity contribution in [1.82, 2.24) is 5.32 Å². The first-order chi connectivity index (χ1) is 27.0. The van der Waals surface area contributed by atoms with Gasteiger partial charge in [0.15, 0.2) is 0 Å². The number of nitrogens with one attached hydrogen (secondary N) is 1. The van der Waals surface area contributed by atoms with Gasteiger partial charge in [-0.3, -0.25) is 9.59 Å². The van der Waals surface area contributed by atoms with Crippen molar-refractivity contribution in [2.45, 2.75) is 244 Å². The highest BCUT2D eigenvalue weighted by atomic mass is 16.5. The largest absolute Gasteiger partial charge is 0.462 e. The van der Waals surface area contributed by atoms with Crippen molar-refractivity contribution in [3.05, 3.63) is 48.6 Å². The number of hydrogen-bond donors (Lipinski definition) is 3. The summed E-state index contributed by atoms with van der Waals surface area (Å²) in [5, 5.41) is 23.6. The third-order valence-corrected chi connectivity index (χ3v) is 10.4. The molecule has 0 aliphatic carbocycles. The Morgan fingerprint density at radius 2 is 0.982 bits per heavy atom. The molecule has 0 rings (SSSR count). The molecule has 6 nitrogen and oxygen atoms in total. The maximum Gasteiger partial charge on any atom is 0.306 e. The molecule has 0 saturated heterocycles. The fourth-order valence-corrected chi connectivity index (χ4v) is 6.90. The fourth-order valence-electron chi connectivity index (χ4n) is 6.90. The summed E-state index contributed by atoms with van der Waals surface area (Å²) in [5.41, 5.74) is 0. The van der Waals surface area contributed by atoms with Crippen LogP contribution in [0.3, 0.4) is 0 Å². The van der Waals surface area contributed by atoms with Gasteiger partial charge in [0.2, 0.25) is 5.91 Å². The average Bonchev–Trinajstić information content (AvgIpc) is 3.18. The molecule has 0 aliphatic rings. The third-order valence-electron chi connectivity index (χ3n) is 10.4. The second-order valence-corrected chi connectivity index (χ2v) is 15.8. The Hall–Kier alpha value is -2.18. The molecular weight excluding hydrogens is 683 g/mol. The molecular formula is C49H89NO5. The van der Waals surface area contributed by atoms with E-state index in [-0.39, 0.29) is 24.9 Å². The zero-order chi connectivity index (χ0) is 40.3. The fraction of sp³-hybridized carbons (Fsp3) is 0.796. The summed E-state index contributed by atoms with van der Waals surface area (Å²) >= 11 is 0. The van der Waals surface area contributed by atoms with Crippen molar-refractivity contribution in [2.24, 2.45) is 0 Å². The molecule has 320 valence electrons. The number of amides is 1. The third kappa shape index (κ3) is 38.5. The van der Waals surface area contributed by atoms with E-state index in [1.54, 1.807) is 0 Å². The highest BCUT2D eigenvalue weighted by molar-refractivity contribution is 5.77. The lowest BCUT2D eigenvalue weighted by Gasteiger charge is -2.24. The smallest absolute Gasteiger partial charge is 0.306 e. The van der Waals surface area contributed by atoms with E-state index >= 15 is 0 Å². The van der Waals surface area contributed by atoms with E-state index in [1.165, 1.54) is 103 Å². The van der Waals surface area contributed by atoms with Gasteiger partial charge in [-0.2, -0.15) is 0 Å². The van der Waals surface area contributed by atoms with Crippen molar-refractivity contribution in [3.8, 4) is 0 Å². The molecule has 1 amide bonds. The van der Waals surface area contributed by atoms with Crippen molar-refractivity contribution in [2.75, 3.05) is 6.61 Å². The molecule has 6 heteroatoms. The van der Waals surface area contributed by atoms with E-state index in [0.29, 0.717) is 19.3 Å². The zero-order valence-electron chi connectivity index (χ0n) is 36.3. The Balaban J connectivity index is 4.68. The minimum atomic E-state index is -0.799. The highest BCUT2D eigenvalue weighted by Crippen LogP contribution is 2.17. The van der Waals surface area contributed by atoms with Gasteiger partial charge in [0, 0.05) is 6.42 Å². The van der Waals surface area contributed by atoms with Gasteiger partial charge >= 0.3 is 5.97 Å². The van der Waals surface area contributed by atoms with E-state index in [9.17, 15) is 19.8 Å². The molecule has 3 N–H and O–H groups in total. The maximum atomic E-state index is 13.1. The molecule has 3 atom stereocenters. The Morgan fingerprint density at radius 1 is 0.545 bits per heavy atom. The predicted octanol–water partition coefficient (Wildman–Crippen LogP) is 13.5. The number of rotatable bonds is 41. The maximum absolute atomic E-state index is 13.1. The van der Waals surface area contributed by atoms with E-state index in [0.717, 1.165) is 77.0 Å². The summed E-state index contributed by atoms with van der Waals surface area (Å²) in [5.74, 6) is -0.528. The summed E-state index contributed by atoms with van der Waals surface area (Å²) < 4.78 is 5.87. The SMILES string of the molecule is CC/C=C/C/C=C/C/C=C/C/C=C/CCCC(CC(=O)NC(CO)C(O)CCCCCCCCCCCCCC)OC(=O)CCCCCCCCCCCC. The monoisotopic (exact) mass is 772 g/mol. The van der Waals surface area contributed by atoms with Gasteiger partial charge in [-0.1, -0.05) is 204 Å². The number of hydrogen-bond acceptors (Lipinski definition) is 5.